The van der Waals surface area contributed by atoms with Crippen molar-refractivity contribution in [2.75, 3.05) is 43.7 Å². The number of ether oxygens (including phenoxy) is 1. The molecule has 0 aromatic heterocycles. The van der Waals surface area contributed by atoms with E-state index >= 15 is 0 Å². The molecule has 6 nitrogen and oxygen atoms in total. The van der Waals surface area contributed by atoms with Crippen LogP contribution in [0.1, 0.15) is 6.92 Å². The Bertz CT molecular complexity index is 767. The van der Waals surface area contributed by atoms with Crippen LogP contribution in [0.5, 0.6) is 5.75 Å². The molecule has 26 heavy (non-hydrogen) atoms. The summed E-state index contributed by atoms with van der Waals surface area (Å²) in [5.41, 5.74) is 2.94. The van der Waals surface area contributed by atoms with E-state index in [1.807, 2.05) is 49.5 Å². The molecule has 0 aliphatic carbocycles. The molecule has 0 saturated carbocycles. The van der Waals surface area contributed by atoms with Crippen LogP contribution in [-0.4, -0.2) is 44.5 Å². The highest BCUT2D eigenvalue weighted by atomic mass is 32.2. The Morgan fingerprint density at radius 3 is 2.65 bits per heavy atom. The van der Waals surface area contributed by atoms with E-state index in [1.165, 1.54) is 0 Å². The number of thioether (sulfide) groups is 1. The summed E-state index contributed by atoms with van der Waals surface area (Å²) in [6.45, 7) is 3.70. The van der Waals surface area contributed by atoms with E-state index in [0.29, 0.717) is 6.54 Å². The first-order chi connectivity index (χ1) is 12.7. The first kappa shape index (κ1) is 18.5. The summed E-state index contributed by atoms with van der Waals surface area (Å²) < 4.78 is 5.29. The molecule has 0 fully saturated rings. The largest absolute Gasteiger partial charge is 0.497 e. The number of hydrogen-bond donors (Lipinski definition) is 1. The third-order valence-corrected chi connectivity index (χ3v) is 5.55. The van der Waals surface area contributed by atoms with Crippen LogP contribution in [-0.2, 0) is 0 Å². The summed E-state index contributed by atoms with van der Waals surface area (Å²) in [5.74, 6) is 0.848. The zero-order valence-electron chi connectivity index (χ0n) is 15.3. The maximum atomic E-state index is 9.13. The molecular formula is C19H24N4O2S. The Labute approximate surface area is 158 Å². The van der Waals surface area contributed by atoms with Crippen LogP contribution in [0.3, 0.4) is 0 Å². The summed E-state index contributed by atoms with van der Waals surface area (Å²) in [6.07, 6.45) is 0. The summed E-state index contributed by atoms with van der Waals surface area (Å²) in [5, 5.41) is 18.0. The number of azo groups is 1. The minimum absolute atomic E-state index is 0.0849. The van der Waals surface area contributed by atoms with Crippen molar-refractivity contribution >= 4 is 28.8 Å². The molecule has 0 bridgehead atoms. The molecule has 0 saturated heterocycles. The third kappa shape index (κ3) is 3.94. The van der Waals surface area contributed by atoms with Crippen LogP contribution in [0.15, 0.2) is 57.6 Å². The van der Waals surface area contributed by atoms with Gasteiger partial charge in [-0.2, -0.15) is 10.2 Å². The van der Waals surface area contributed by atoms with Crippen molar-refractivity contribution in [1.82, 2.24) is 0 Å². The second kappa shape index (κ2) is 8.42. The minimum Gasteiger partial charge on any atom is -0.497 e. The van der Waals surface area contributed by atoms with Crippen molar-refractivity contribution in [3.8, 4) is 5.75 Å². The highest BCUT2D eigenvalue weighted by Crippen LogP contribution is 2.44. The molecule has 2 aromatic rings. The van der Waals surface area contributed by atoms with Gasteiger partial charge in [0, 0.05) is 30.7 Å². The zero-order chi connectivity index (χ0) is 18.5. The fraction of sp³-hybridized carbons (Fsp3) is 0.368. The molecule has 1 atom stereocenters. The summed E-state index contributed by atoms with van der Waals surface area (Å²) in [4.78, 5) is 5.37. The number of aliphatic hydroxyl groups is 1. The highest BCUT2D eigenvalue weighted by molar-refractivity contribution is 8.00. The van der Waals surface area contributed by atoms with Gasteiger partial charge in [0.05, 0.1) is 25.1 Å². The lowest BCUT2D eigenvalue weighted by Crippen LogP contribution is -2.25. The first-order valence-corrected chi connectivity index (χ1v) is 9.48. The van der Waals surface area contributed by atoms with E-state index in [1.54, 1.807) is 18.9 Å². The number of fused-ring (bicyclic) bond motifs is 1. The van der Waals surface area contributed by atoms with Gasteiger partial charge in [-0.1, -0.05) is 11.8 Å². The molecule has 138 valence electrons. The molecule has 7 heteroatoms. The number of likely N-dealkylation sites (N-methyl/N-ethyl adjacent to an activating group) is 1. The van der Waals surface area contributed by atoms with Crippen molar-refractivity contribution in [3.05, 3.63) is 42.5 Å². The number of methoxy groups -OCH3 is 1. The second-order valence-electron chi connectivity index (χ2n) is 5.92. The summed E-state index contributed by atoms with van der Waals surface area (Å²) >= 11 is 1.66. The Morgan fingerprint density at radius 2 is 2.00 bits per heavy atom. The molecule has 1 unspecified atom stereocenters. The van der Waals surface area contributed by atoms with Gasteiger partial charge < -0.3 is 19.6 Å². The molecule has 1 N–H and O–H groups in total. The zero-order valence-corrected chi connectivity index (χ0v) is 16.1. The molecule has 0 radical (unpaired) electrons. The van der Waals surface area contributed by atoms with Gasteiger partial charge in [-0.15, -0.1) is 0 Å². The Morgan fingerprint density at radius 1 is 1.23 bits per heavy atom. The average molecular weight is 372 g/mol. The van der Waals surface area contributed by atoms with Crippen molar-refractivity contribution in [2.24, 2.45) is 10.2 Å². The average Bonchev–Trinajstić information content (AvgIpc) is 3.00. The summed E-state index contributed by atoms with van der Waals surface area (Å²) in [6, 6.07) is 14.0. The van der Waals surface area contributed by atoms with Crippen molar-refractivity contribution in [1.29, 1.82) is 0 Å². The van der Waals surface area contributed by atoms with Crippen molar-refractivity contribution < 1.29 is 9.84 Å². The van der Waals surface area contributed by atoms with Crippen LogP contribution >= 0.6 is 11.8 Å². The molecule has 1 aliphatic heterocycles. The molecule has 3 rings (SSSR count). The van der Waals surface area contributed by atoms with Gasteiger partial charge in [0.25, 0.3) is 0 Å². The van der Waals surface area contributed by atoms with E-state index in [-0.39, 0.29) is 12.1 Å². The topological polar surface area (TPSA) is 60.7 Å². The van der Waals surface area contributed by atoms with E-state index in [9.17, 15) is 0 Å². The minimum atomic E-state index is -0.0849. The Balaban J connectivity index is 1.68. The van der Waals surface area contributed by atoms with Gasteiger partial charge in [-0.3, -0.25) is 0 Å². The van der Waals surface area contributed by atoms with Gasteiger partial charge in [-0.25, -0.2) is 0 Å². The Kier molecular flexibility index (Phi) is 6.00. The predicted molar refractivity (Wildman–Crippen MR) is 107 cm³/mol. The van der Waals surface area contributed by atoms with Gasteiger partial charge in [-0.05, 0) is 49.4 Å². The normalized spacial score (nSPS) is 16.2. The van der Waals surface area contributed by atoms with Gasteiger partial charge in [0.1, 0.15) is 5.75 Å². The number of anilines is 2. The van der Waals surface area contributed by atoms with Crippen molar-refractivity contribution in [3.63, 3.8) is 0 Å². The molecule has 0 amide bonds. The van der Waals surface area contributed by atoms with E-state index in [0.717, 1.165) is 34.3 Å². The maximum absolute atomic E-state index is 9.13. The Hall–Kier alpha value is -2.25. The van der Waals surface area contributed by atoms with Gasteiger partial charge >= 0.3 is 0 Å². The van der Waals surface area contributed by atoms with Gasteiger partial charge in [0.2, 0.25) is 0 Å². The maximum Gasteiger partial charge on any atom is 0.194 e. The van der Waals surface area contributed by atoms with Crippen LogP contribution in [0, 0.1) is 0 Å². The van der Waals surface area contributed by atoms with E-state index < -0.39 is 0 Å². The quantitative estimate of drug-likeness (QED) is 0.741. The van der Waals surface area contributed by atoms with Crippen LogP contribution in [0.4, 0.5) is 17.1 Å². The monoisotopic (exact) mass is 372 g/mol. The smallest absolute Gasteiger partial charge is 0.194 e. The van der Waals surface area contributed by atoms with Gasteiger partial charge in [0.15, 0.2) is 5.50 Å². The van der Waals surface area contributed by atoms with Crippen LogP contribution in [0.25, 0.3) is 0 Å². The fourth-order valence-electron chi connectivity index (χ4n) is 2.86. The standard InChI is InChI=1S/C19H24N4O2S/c1-4-23(11-12-24)15-7-5-14(6-8-15)20-21-19-22(2)17-10-9-16(25-3)13-18(17)26-19/h5-10,13,19,24H,4,11-12H2,1-3H3/b21-20+. The van der Waals surface area contributed by atoms with Crippen molar-refractivity contribution in [2.45, 2.75) is 17.3 Å². The molecule has 2 aromatic carbocycles. The molecular weight excluding hydrogens is 348 g/mol. The summed E-state index contributed by atoms with van der Waals surface area (Å²) in [7, 11) is 3.69. The highest BCUT2D eigenvalue weighted by Gasteiger charge is 2.27. The van der Waals surface area contributed by atoms with Crippen LogP contribution in [0.2, 0.25) is 0 Å². The van der Waals surface area contributed by atoms with E-state index in [2.05, 4.69) is 27.0 Å². The molecule has 1 heterocycles. The first-order valence-electron chi connectivity index (χ1n) is 8.60. The lowest BCUT2D eigenvalue weighted by molar-refractivity contribution is 0.302. The number of nitrogens with zero attached hydrogens (tertiary/aromatic N) is 4. The van der Waals surface area contributed by atoms with E-state index in [4.69, 9.17) is 9.84 Å². The number of hydrogen-bond acceptors (Lipinski definition) is 7. The SMILES string of the molecule is CCN(CCO)c1ccc(/N=N/C2Sc3cc(OC)ccc3N2C)cc1. The second-order valence-corrected chi connectivity index (χ2v) is 7.02. The lowest BCUT2D eigenvalue weighted by Gasteiger charge is -2.21. The third-order valence-electron chi connectivity index (χ3n) is 4.35. The number of rotatable bonds is 7. The number of aliphatic hydroxyl groups excluding tert-OH is 1. The molecule has 1 aliphatic rings. The molecule has 0 spiro atoms. The fourth-order valence-corrected chi connectivity index (χ4v) is 3.97. The lowest BCUT2D eigenvalue weighted by atomic mass is 10.2. The van der Waals surface area contributed by atoms with Crippen LogP contribution < -0.4 is 14.5 Å². The predicted octanol–water partition coefficient (Wildman–Crippen LogP) is 4.12. The number of benzene rings is 2.